The van der Waals surface area contributed by atoms with Crippen LogP contribution < -0.4 is 5.84 Å². The van der Waals surface area contributed by atoms with Crippen LogP contribution in [0.5, 0.6) is 0 Å². The van der Waals surface area contributed by atoms with Crippen LogP contribution in [0.4, 0.5) is 5.69 Å². The Labute approximate surface area is 90.7 Å². The van der Waals surface area contributed by atoms with Gasteiger partial charge >= 0.3 is 5.97 Å². The number of nitrogens with two attached hydrogens (primary N) is 1. The number of hydrogen-bond donors (Lipinski definition) is 1. The number of nitrogens with zero attached hydrogens (tertiary/aromatic N) is 2. The summed E-state index contributed by atoms with van der Waals surface area (Å²) in [7, 11) is 1.14. The van der Waals surface area contributed by atoms with Gasteiger partial charge in [-0.3, -0.25) is 10.1 Å². The van der Waals surface area contributed by atoms with Gasteiger partial charge in [-0.05, 0) is 0 Å². The quantitative estimate of drug-likeness (QED) is 0.266. The Balaban J connectivity index is 3.46. The molecule has 0 bridgehead atoms. The summed E-state index contributed by atoms with van der Waals surface area (Å²) in [5.74, 6) is 4.14. The highest BCUT2D eigenvalue weighted by molar-refractivity contribution is 6.02. The lowest BCUT2D eigenvalue weighted by Gasteiger charge is -2.03. The molecule has 0 saturated heterocycles. The maximum absolute atomic E-state index is 11.4. The summed E-state index contributed by atoms with van der Waals surface area (Å²) in [6.45, 7) is 0. The SMILES string of the molecule is COC(=O)c1c(C=NN)cccc1[N+](=O)[O-]. The number of hydrogen-bond acceptors (Lipinski definition) is 6. The van der Waals surface area contributed by atoms with Crippen molar-refractivity contribution in [3.05, 3.63) is 39.4 Å². The second-order valence-electron chi connectivity index (χ2n) is 2.77. The highest BCUT2D eigenvalue weighted by Crippen LogP contribution is 2.22. The van der Waals surface area contributed by atoms with E-state index >= 15 is 0 Å². The first-order valence-corrected chi connectivity index (χ1v) is 4.20. The normalized spacial score (nSPS) is 10.3. The predicted molar refractivity (Wildman–Crippen MR) is 56.2 cm³/mol. The van der Waals surface area contributed by atoms with Crippen LogP contribution in [-0.2, 0) is 4.74 Å². The third-order valence-corrected chi connectivity index (χ3v) is 1.87. The summed E-state index contributed by atoms with van der Waals surface area (Å²) in [6.07, 6.45) is 1.15. The molecule has 0 aliphatic carbocycles. The fourth-order valence-electron chi connectivity index (χ4n) is 1.22. The lowest BCUT2D eigenvalue weighted by Crippen LogP contribution is -2.09. The van der Waals surface area contributed by atoms with E-state index in [9.17, 15) is 14.9 Å². The number of carbonyl (C=O) groups is 1. The Hall–Kier alpha value is -2.44. The van der Waals surface area contributed by atoms with Crippen LogP contribution in [0.25, 0.3) is 0 Å². The highest BCUT2D eigenvalue weighted by atomic mass is 16.6. The van der Waals surface area contributed by atoms with Crippen molar-refractivity contribution >= 4 is 17.9 Å². The van der Waals surface area contributed by atoms with Gasteiger partial charge < -0.3 is 10.6 Å². The number of esters is 1. The maximum Gasteiger partial charge on any atom is 0.345 e. The molecule has 1 aromatic rings. The van der Waals surface area contributed by atoms with Gasteiger partial charge in [0.1, 0.15) is 5.56 Å². The molecule has 0 spiro atoms. The molecular formula is C9H9N3O4. The van der Waals surface area contributed by atoms with E-state index in [0.717, 1.165) is 13.3 Å². The predicted octanol–water partition coefficient (Wildman–Crippen LogP) is 0.674. The number of rotatable bonds is 3. The van der Waals surface area contributed by atoms with E-state index < -0.39 is 10.9 Å². The summed E-state index contributed by atoms with van der Waals surface area (Å²) in [5.41, 5.74) is -0.267. The molecule has 0 radical (unpaired) electrons. The van der Waals surface area contributed by atoms with Gasteiger partial charge in [-0.1, -0.05) is 12.1 Å². The van der Waals surface area contributed by atoms with Gasteiger partial charge in [0.2, 0.25) is 0 Å². The Kier molecular flexibility index (Phi) is 3.54. The second-order valence-corrected chi connectivity index (χ2v) is 2.77. The molecule has 0 unspecified atom stereocenters. The van der Waals surface area contributed by atoms with Crippen LogP contribution in [-0.4, -0.2) is 24.2 Å². The molecule has 0 saturated carbocycles. The molecule has 7 heteroatoms. The van der Waals surface area contributed by atoms with Gasteiger partial charge in [0.05, 0.1) is 18.2 Å². The lowest BCUT2D eigenvalue weighted by molar-refractivity contribution is -0.385. The Morgan fingerprint density at radius 2 is 2.31 bits per heavy atom. The van der Waals surface area contributed by atoms with Gasteiger partial charge in [0.15, 0.2) is 0 Å². The van der Waals surface area contributed by atoms with Gasteiger partial charge in [0.25, 0.3) is 5.69 Å². The molecule has 2 N–H and O–H groups in total. The molecular weight excluding hydrogens is 214 g/mol. The van der Waals surface area contributed by atoms with Gasteiger partial charge in [0, 0.05) is 11.6 Å². The van der Waals surface area contributed by atoms with E-state index in [1.54, 1.807) is 0 Å². The molecule has 0 aliphatic heterocycles. The Bertz CT molecular complexity index is 456. The molecule has 1 rings (SSSR count). The minimum absolute atomic E-state index is 0.163. The van der Waals surface area contributed by atoms with E-state index in [1.807, 2.05) is 0 Å². The first-order chi connectivity index (χ1) is 7.61. The van der Waals surface area contributed by atoms with Crippen molar-refractivity contribution in [2.24, 2.45) is 10.9 Å². The van der Waals surface area contributed by atoms with Crippen LogP contribution >= 0.6 is 0 Å². The Morgan fingerprint density at radius 1 is 1.62 bits per heavy atom. The number of benzene rings is 1. The monoisotopic (exact) mass is 223 g/mol. The molecule has 0 aromatic heterocycles. The Morgan fingerprint density at radius 3 is 2.81 bits per heavy atom. The van der Waals surface area contributed by atoms with Crippen molar-refractivity contribution < 1.29 is 14.5 Å². The minimum Gasteiger partial charge on any atom is -0.465 e. The van der Waals surface area contributed by atoms with Gasteiger partial charge in [-0.25, -0.2) is 4.79 Å². The van der Waals surface area contributed by atoms with E-state index in [4.69, 9.17) is 5.84 Å². The largest absolute Gasteiger partial charge is 0.465 e. The minimum atomic E-state index is -0.804. The average Bonchev–Trinajstić information content (AvgIpc) is 2.28. The molecule has 1 aromatic carbocycles. The average molecular weight is 223 g/mol. The summed E-state index contributed by atoms with van der Waals surface area (Å²) in [4.78, 5) is 21.5. The molecule has 0 heterocycles. The number of carbonyl (C=O) groups excluding carboxylic acids is 1. The number of nitro groups is 1. The van der Waals surface area contributed by atoms with Gasteiger partial charge in [-0.15, -0.1) is 0 Å². The molecule has 0 atom stereocenters. The third-order valence-electron chi connectivity index (χ3n) is 1.87. The zero-order chi connectivity index (χ0) is 12.1. The summed E-state index contributed by atoms with van der Waals surface area (Å²) in [5, 5.41) is 13.9. The second kappa shape index (κ2) is 4.87. The van der Waals surface area contributed by atoms with E-state index in [2.05, 4.69) is 9.84 Å². The number of methoxy groups -OCH3 is 1. The third kappa shape index (κ3) is 2.14. The molecule has 7 nitrogen and oxygen atoms in total. The van der Waals surface area contributed by atoms with Crippen molar-refractivity contribution in [2.75, 3.05) is 7.11 Å². The maximum atomic E-state index is 11.4. The summed E-state index contributed by atoms with van der Waals surface area (Å²) >= 11 is 0. The van der Waals surface area contributed by atoms with Crippen LogP contribution in [0.1, 0.15) is 15.9 Å². The standard InChI is InChI=1S/C9H9N3O4/c1-16-9(13)8-6(5-11-10)3-2-4-7(8)12(14)15/h2-5H,10H2,1H3. The van der Waals surface area contributed by atoms with E-state index in [-0.39, 0.29) is 16.8 Å². The molecule has 0 fully saturated rings. The van der Waals surface area contributed by atoms with Crippen LogP contribution in [0.15, 0.2) is 23.3 Å². The van der Waals surface area contributed by atoms with Crippen molar-refractivity contribution in [3.63, 3.8) is 0 Å². The van der Waals surface area contributed by atoms with Crippen molar-refractivity contribution in [3.8, 4) is 0 Å². The van der Waals surface area contributed by atoms with E-state index in [0.29, 0.717) is 0 Å². The molecule has 0 amide bonds. The van der Waals surface area contributed by atoms with Crippen molar-refractivity contribution in [1.82, 2.24) is 0 Å². The first kappa shape index (κ1) is 11.6. The smallest absolute Gasteiger partial charge is 0.345 e. The molecule has 84 valence electrons. The number of ether oxygens (including phenoxy) is 1. The lowest BCUT2D eigenvalue weighted by atomic mass is 10.1. The van der Waals surface area contributed by atoms with E-state index in [1.165, 1.54) is 18.2 Å². The van der Waals surface area contributed by atoms with Crippen molar-refractivity contribution in [1.29, 1.82) is 0 Å². The molecule has 16 heavy (non-hydrogen) atoms. The number of nitro benzene ring substituents is 1. The van der Waals surface area contributed by atoms with Crippen LogP contribution in [0.3, 0.4) is 0 Å². The van der Waals surface area contributed by atoms with Crippen LogP contribution in [0, 0.1) is 10.1 Å². The fraction of sp³-hybridized carbons (Fsp3) is 0.111. The summed E-state index contributed by atoms with van der Waals surface area (Å²) in [6, 6.07) is 4.12. The highest BCUT2D eigenvalue weighted by Gasteiger charge is 2.23. The first-order valence-electron chi connectivity index (χ1n) is 4.20. The van der Waals surface area contributed by atoms with Crippen LogP contribution in [0.2, 0.25) is 0 Å². The zero-order valence-electron chi connectivity index (χ0n) is 8.41. The fourth-order valence-corrected chi connectivity index (χ4v) is 1.22. The summed E-state index contributed by atoms with van der Waals surface area (Å²) < 4.78 is 4.47. The topological polar surface area (TPSA) is 108 Å². The molecule has 0 aliphatic rings. The number of hydrazone groups is 1. The zero-order valence-corrected chi connectivity index (χ0v) is 8.41. The van der Waals surface area contributed by atoms with Gasteiger partial charge in [-0.2, -0.15) is 5.10 Å². The van der Waals surface area contributed by atoms with Crippen molar-refractivity contribution in [2.45, 2.75) is 0 Å².